The van der Waals surface area contributed by atoms with Crippen LogP contribution >= 0.6 is 0 Å². The number of aryl methyl sites for hydroxylation is 2. The standard InChI is InChI=1S/C17H19N3O2/c18-8-2-10-20(11-3-9-19)17(21)13-22-16-7-6-14-4-1-5-15(14)12-16/h6-7,12H,1-5,10-11,13H2. The predicted octanol–water partition coefficient (Wildman–Crippen LogP) is 2.21. The van der Waals surface area contributed by atoms with Gasteiger partial charge >= 0.3 is 0 Å². The van der Waals surface area contributed by atoms with Crippen LogP contribution in [0.5, 0.6) is 5.75 Å². The van der Waals surface area contributed by atoms with E-state index in [1.807, 2.05) is 24.3 Å². The number of nitriles is 2. The third-order valence-corrected chi connectivity index (χ3v) is 3.77. The van der Waals surface area contributed by atoms with Crippen LogP contribution in [-0.4, -0.2) is 30.5 Å². The van der Waals surface area contributed by atoms with E-state index in [2.05, 4.69) is 6.07 Å². The van der Waals surface area contributed by atoms with Crippen LogP contribution in [0.1, 0.15) is 30.4 Å². The van der Waals surface area contributed by atoms with Gasteiger partial charge in [0.15, 0.2) is 6.61 Å². The molecule has 1 amide bonds. The van der Waals surface area contributed by atoms with Crippen LogP contribution in [0.2, 0.25) is 0 Å². The monoisotopic (exact) mass is 297 g/mol. The largest absolute Gasteiger partial charge is 0.484 e. The lowest BCUT2D eigenvalue weighted by Gasteiger charge is -2.20. The van der Waals surface area contributed by atoms with Gasteiger partial charge < -0.3 is 9.64 Å². The van der Waals surface area contributed by atoms with Crippen LogP contribution in [0.15, 0.2) is 18.2 Å². The quantitative estimate of drug-likeness (QED) is 0.773. The molecule has 114 valence electrons. The second-order valence-electron chi connectivity index (χ2n) is 5.27. The number of amides is 1. The molecule has 0 atom stereocenters. The van der Waals surface area contributed by atoms with Crippen LogP contribution < -0.4 is 4.74 Å². The number of nitrogens with zero attached hydrogens (tertiary/aromatic N) is 3. The van der Waals surface area contributed by atoms with Gasteiger partial charge in [0, 0.05) is 13.1 Å². The Balaban J connectivity index is 1.89. The second kappa shape index (κ2) is 8.05. The van der Waals surface area contributed by atoms with Gasteiger partial charge in [-0.2, -0.15) is 10.5 Å². The summed E-state index contributed by atoms with van der Waals surface area (Å²) in [6.45, 7) is 0.616. The summed E-state index contributed by atoms with van der Waals surface area (Å²) < 4.78 is 5.58. The van der Waals surface area contributed by atoms with Crippen molar-refractivity contribution in [3.63, 3.8) is 0 Å². The summed E-state index contributed by atoms with van der Waals surface area (Å²) in [5.41, 5.74) is 2.67. The Bertz CT molecular complexity index is 595. The molecule has 0 aliphatic heterocycles. The van der Waals surface area contributed by atoms with E-state index in [9.17, 15) is 4.79 Å². The summed E-state index contributed by atoms with van der Waals surface area (Å²) in [7, 11) is 0. The van der Waals surface area contributed by atoms with E-state index in [4.69, 9.17) is 15.3 Å². The van der Waals surface area contributed by atoms with Gasteiger partial charge in [-0.05, 0) is 42.5 Å². The highest BCUT2D eigenvalue weighted by atomic mass is 16.5. The van der Waals surface area contributed by atoms with Crippen molar-refractivity contribution in [2.45, 2.75) is 32.1 Å². The van der Waals surface area contributed by atoms with Gasteiger partial charge in [0.05, 0.1) is 25.0 Å². The van der Waals surface area contributed by atoms with E-state index in [1.165, 1.54) is 22.4 Å². The molecular weight excluding hydrogens is 278 g/mol. The molecule has 5 nitrogen and oxygen atoms in total. The van der Waals surface area contributed by atoms with Gasteiger partial charge in [-0.15, -0.1) is 0 Å². The van der Waals surface area contributed by atoms with Gasteiger partial charge in [-0.25, -0.2) is 0 Å². The van der Waals surface area contributed by atoms with Crippen LogP contribution in [-0.2, 0) is 17.6 Å². The molecule has 0 radical (unpaired) electrons. The van der Waals surface area contributed by atoms with E-state index in [0.29, 0.717) is 18.8 Å². The zero-order valence-electron chi connectivity index (χ0n) is 12.5. The first-order chi connectivity index (χ1) is 10.7. The summed E-state index contributed by atoms with van der Waals surface area (Å²) in [6, 6.07) is 9.99. The number of hydrogen-bond acceptors (Lipinski definition) is 4. The molecule has 0 fully saturated rings. The molecule has 5 heteroatoms. The zero-order valence-corrected chi connectivity index (χ0v) is 12.5. The zero-order chi connectivity index (χ0) is 15.8. The van der Waals surface area contributed by atoms with Gasteiger partial charge in [-0.3, -0.25) is 4.79 Å². The summed E-state index contributed by atoms with van der Waals surface area (Å²) >= 11 is 0. The van der Waals surface area contributed by atoms with Crippen molar-refractivity contribution >= 4 is 5.91 Å². The Morgan fingerprint density at radius 1 is 1.14 bits per heavy atom. The fourth-order valence-electron chi connectivity index (χ4n) is 2.61. The molecule has 0 saturated carbocycles. The SMILES string of the molecule is N#CCCN(CCC#N)C(=O)COc1ccc2c(c1)CCC2. The first-order valence-electron chi connectivity index (χ1n) is 7.51. The van der Waals surface area contributed by atoms with Crippen molar-refractivity contribution in [3.8, 4) is 17.9 Å². The lowest BCUT2D eigenvalue weighted by Crippen LogP contribution is -2.36. The van der Waals surface area contributed by atoms with Gasteiger partial charge in [0.1, 0.15) is 5.75 Å². The fraction of sp³-hybridized carbons (Fsp3) is 0.471. The minimum absolute atomic E-state index is 0.0599. The number of rotatable bonds is 7. The molecule has 0 spiro atoms. The highest BCUT2D eigenvalue weighted by Gasteiger charge is 2.15. The smallest absolute Gasteiger partial charge is 0.260 e. The molecule has 0 aromatic heterocycles. The number of carbonyl (C=O) groups excluding carboxylic acids is 1. The van der Waals surface area contributed by atoms with Crippen molar-refractivity contribution in [1.82, 2.24) is 4.90 Å². The number of fused-ring (bicyclic) bond motifs is 1. The molecule has 1 aromatic carbocycles. The predicted molar refractivity (Wildman–Crippen MR) is 81.0 cm³/mol. The maximum absolute atomic E-state index is 12.1. The topological polar surface area (TPSA) is 77.1 Å². The summed E-state index contributed by atoms with van der Waals surface area (Å²) in [4.78, 5) is 13.7. The summed E-state index contributed by atoms with van der Waals surface area (Å²) in [5.74, 6) is 0.514. The normalized spacial score (nSPS) is 12.1. The Kier molecular flexibility index (Phi) is 5.80. The molecule has 2 rings (SSSR count). The lowest BCUT2D eigenvalue weighted by atomic mass is 10.1. The van der Waals surface area contributed by atoms with Crippen molar-refractivity contribution in [2.24, 2.45) is 0 Å². The maximum Gasteiger partial charge on any atom is 0.260 e. The number of benzene rings is 1. The van der Waals surface area contributed by atoms with Crippen molar-refractivity contribution in [3.05, 3.63) is 29.3 Å². The molecule has 0 N–H and O–H groups in total. The minimum Gasteiger partial charge on any atom is -0.484 e. The van der Waals surface area contributed by atoms with E-state index in [-0.39, 0.29) is 25.4 Å². The minimum atomic E-state index is -0.189. The number of ether oxygens (including phenoxy) is 1. The molecule has 0 unspecified atom stereocenters. The average Bonchev–Trinajstić information content (AvgIpc) is 3.00. The van der Waals surface area contributed by atoms with Crippen molar-refractivity contribution in [2.75, 3.05) is 19.7 Å². The van der Waals surface area contributed by atoms with Gasteiger partial charge in [0.2, 0.25) is 0 Å². The lowest BCUT2D eigenvalue weighted by molar-refractivity contribution is -0.133. The Labute approximate surface area is 130 Å². The van der Waals surface area contributed by atoms with E-state index in [1.54, 1.807) is 0 Å². The number of carbonyl (C=O) groups is 1. The third kappa shape index (κ3) is 4.23. The molecule has 0 saturated heterocycles. The van der Waals surface area contributed by atoms with Gasteiger partial charge in [0.25, 0.3) is 5.91 Å². The highest BCUT2D eigenvalue weighted by molar-refractivity contribution is 5.77. The van der Waals surface area contributed by atoms with Crippen molar-refractivity contribution < 1.29 is 9.53 Å². The van der Waals surface area contributed by atoms with E-state index < -0.39 is 0 Å². The average molecular weight is 297 g/mol. The molecular formula is C17H19N3O2. The second-order valence-corrected chi connectivity index (χ2v) is 5.27. The first-order valence-corrected chi connectivity index (χ1v) is 7.51. The molecule has 1 aliphatic carbocycles. The first kappa shape index (κ1) is 15.9. The van der Waals surface area contributed by atoms with Crippen LogP contribution in [0.4, 0.5) is 0 Å². The number of hydrogen-bond donors (Lipinski definition) is 0. The molecule has 0 heterocycles. The maximum atomic E-state index is 12.1. The molecule has 1 aliphatic rings. The Morgan fingerprint density at radius 2 is 1.82 bits per heavy atom. The third-order valence-electron chi connectivity index (χ3n) is 3.77. The Hall–Kier alpha value is -2.53. The molecule has 1 aromatic rings. The molecule has 22 heavy (non-hydrogen) atoms. The van der Waals surface area contributed by atoms with Crippen molar-refractivity contribution in [1.29, 1.82) is 10.5 Å². The van der Waals surface area contributed by atoms with E-state index >= 15 is 0 Å². The fourth-order valence-corrected chi connectivity index (χ4v) is 2.61. The van der Waals surface area contributed by atoms with Crippen LogP contribution in [0.3, 0.4) is 0 Å². The van der Waals surface area contributed by atoms with Crippen LogP contribution in [0, 0.1) is 22.7 Å². The Morgan fingerprint density at radius 3 is 2.50 bits per heavy atom. The van der Waals surface area contributed by atoms with Crippen LogP contribution in [0.25, 0.3) is 0 Å². The van der Waals surface area contributed by atoms with E-state index in [0.717, 1.165) is 12.8 Å². The summed E-state index contributed by atoms with van der Waals surface area (Å²) in [5, 5.41) is 17.3. The molecule has 0 bridgehead atoms. The van der Waals surface area contributed by atoms with Gasteiger partial charge in [-0.1, -0.05) is 6.07 Å². The highest BCUT2D eigenvalue weighted by Crippen LogP contribution is 2.25. The summed E-state index contributed by atoms with van der Waals surface area (Å²) in [6.07, 6.45) is 3.88.